The lowest BCUT2D eigenvalue weighted by Crippen LogP contribution is -2.49. The number of benzene rings is 1. The van der Waals surface area contributed by atoms with Gasteiger partial charge in [-0.2, -0.15) is 0 Å². The molecule has 2 rings (SSSR count). The van der Waals surface area contributed by atoms with E-state index in [-0.39, 0.29) is 16.1 Å². The average molecular weight is 277 g/mol. The van der Waals surface area contributed by atoms with Gasteiger partial charge in [0, 0.05) is 30.3 Å². The smallest absolute Gasteiger partial charge is 0.273 e. The SMILES string of the molecule is CN(C)C1(CNCc2ccccc2[N+](=O)[O-])CCCC1. The normalized spacial score (nSPS) is 17.6. The Morgan fingerprint density at radius 2 is 1.95 bits per heavy atom. The third-order valence-corrected chi connectivity index (χ3v) is 4.44. The van der Waals surface area contributed by atoms with E-state index < -0.39 is 0 Å². The number of para-hydroxylation sites is 1. The zero-order chi connectivity index (χ0) is 14.6. The molecule has 0 saturated heterocycles. The van der Waals surface area contributed by atoms with Gasteiger partial charge in [0.25, 0.3) is 5.69 Å². The van der Waals surface area contributed by atoms with Crippen LogP contribution in [0.3, 0.4) is 0 Å². The first kappa shape index (κ1) is 14.9. The molecule has 0 atom stereocenters. The second-order valence-corrected chi connectivity index (χ2v) is 5.82. The Labute approximate surface area is 120 Å². The van der Waals surface area contributed by atoms with Crippen LogP contribution in [-0.2, 0) is 6.54 Å². The molecule has 0 bridgehead atoms. The number of nitrogens with one attached hydrogen (secondary N) is 1. The minimum atomic E-state index is -0.311. The van der Waals surface area contributed by atoms with Crippen LogP contribution in [0.5, 0.6) is 0 Å². The zero-order valence-corrected chi connectivity index (χ0v) is 12.3. The molecule has 20 heavy (non-hydrogen) atoms. The summed E-state index contributed by atoms with van der Waals surface area (Å²) in [6, 6.07) is 6.94. The molecule has 110 valence electrons. The number of likely N-dealkylation sites (N-methyl/N-ethyl adjacent to an activating group) is 1. The molecule has 1 N–H and O–H groups in total. The highest BCUT2D eigenvalue weighted by molar-refractivity contribution is 5.39. The van der Waals surface area contributed by atoms with E-state index in [0.29, 0.717) is 6.54 Å². The molecule has 0 unspecified atom stereocenters. The Kier molecular flexibility index (Phi) is 4.73. The Morgan fingerprint density at radius 3 is 2.55 bits per heavy atom. The monoisotopic (exact) mass is 277 g/mol. The van der Waals surface area contributed by atoms with Crippen molar-refractivity contribution in [3.63, 3.8) is 0 Å². The van der Waals surface area contributed by atoms with Gasteiger partial charge < -0.3 is 10.2 Å². The lowest BCUT2D eigenvalue weighted by molar-refractivity contribution is -0.385. The van der Waals surface area contributed by atoms with Gasteiger partial charge in [0.1, 0.15) is 0 Å². The number of hydrogen-bond donors (Lipinski definition) is 1. The third kappa shape index (κ3) is 3.16. The quantitative estimate of drug-likeness (QED) is 0.641. The fraction of sp³-hybridized carbons (Fsp3) is 0.600. The summed E-state index contributed by atoms with van der Waals surface area (Å²) in [5, 5.41) is 14.4. The van der Waals surface area contributed by atoms with Crippen LogP contribution in [0.15, 0.2) is 24.3 Å². The van der Waals surface area contributed by atoms with Gasteiger partial charge in [-0.1, -0.05) is 31.0 Å². The average Bonchev–Trinajstić information content (AvgIpc) is 2.89. The maximum atomic E-state index is 11.0. The first-order chi connectivity index (χ1) is 9.55. The standard InChI is InChI=1S/C15H23N3O2/c1-17(2)15(9-5-6-10-15)12-16-11-13-7-3-4-8-14(13)18(19)20/h3-4,7-8,16H,5-6,9-12H2,1-2H3. The van der Waals surface area contributed by atoms with Crippen molar-refractivity contribution in [1.82, 2.24) is 10.2 Å². The van der Waals surface area contributed by atoms with Gasteiger partial charge in [0.15, 0.2) is 0 Å². The van der Waals surface area contributed by atoms with Crippen molar-refractivity contribution in [1.29, 1.82) is 0 Å². The maximum absolute atomic E-state index is 11.0. The fourth-order valence-electron chi connectivity index (χ4n) is 3.08. The van der Waals surface area contributed by atoms with E-state index in [1.165, 1.54) is 25.7 Å². The van der Waals surface area contributed by atoms with E-state index in [1.807, 2.05) is 12.1 Å². The maximum Gasteiger partial charge on any atom is 0.273 e. The number of nitrogens with zero attached hydrogens (tertiary/aromatic N) is 2. The fourth-order valence-corrected chi connectivity index (χ4v) is 3.08. The van der Waals surface area contributed by atoms with Crippen LogP contribution < -0.4 is 5.32 Å². The van der Waals surface area contributed by atoms with Gasteiger partial charge in [0.2, 0.25) is 0 Å². The molecule has 0 amide bonds. The summed E-state index contributed by atoms with van der Waals surface area (Å²) in [5.41, 5.74) is 1.17. The van der Waals surface area contributed by atoms with Gasteiger partial charge in [0.05, 0.1) is 4.92 Å². The highest BCUT2D eigenvalue weighted by Gasteiger charge is 2.35. The summed E-state index contributed by atoms with van der Waals surface area (Å²) in [5.74, 6) is 0. The van der Waals surface area contributed by atoms with E-state index in [1.54, 1.807) is 12.1 Å². The van der Waals surface area contributed by atoms with E-state index in [0.717, 1.165) is 12.1 Å². The van der Waals surface area contributed by atoms with Crippen LogP contribution in [0.4, 0.5) is 5.69 Å². The van der Waals surface area contributed by atoms with E-state index in [4.69, 9.17) is 0 Å². The molecule has 0 aliphatic heterocycles. The summed E-state index contributed by atoms with van der Waals surface area (Å²) in [7, 11) is 4.25. The minimum absolute atomic E-state index is 0.199. The van der Waals surface area contributed by atoms with Gasteiger partial charge in [-0.3, -0.25) is 10.1 Å². The highest BCUT2D eigenvalue weighted by Crippen LogP contribution is 2.33. The lowest BCUT2D eigenvalue weighted by atomic mass is 9.96. The second kappa shape index (κ2) is 6.33. The largest absolute Gasteiger partial charge is 0.311 e. The molecule has 1 saturated carbocycles. The predicted molar refractivity (Wildman–Crippen MR) is 79.7 cm³/mol. The van der Waals surface area contributed by atoms with Crippen molar-refractivity contribution >= 4 is 5.69 Å². The second-order valence-electron chi connectivity index (χ2n) is 5.82. The first-order valence-electron chi connectivity index (χ1n) is 7.16. The molecular formula is C15H23N3O2. The van der Waals surface area contributed by atoms with Gasteiger partial charge >= 0.3 is 0 Å². The number of nitro benzene ring substituents is 1. The molecule has 1 aromatic carbocycles. The van der Waals surface area contributed by atoms with Crippen molar-refractivity contribution in [2.45, 2.75) is 37.8 Å². The summed E-state index contributed by atoms with van der Waals surface area (Å²) in [6.45, 7) is 1.43. The molecule has 0 heterocycles. The minimum Gasteiger partial charge on any atom is -0.311 e. The Hall–Kier alpha value is -1.46. The Balaban J connectivity index is 1.97. The molecular weight excluding hydrogens is 254 g/mol. The lowest BCUT2D eigenvalue weighted by Gasteiger charge is -2.36. The Bertz CT molecular complexity index is 468. The van der Waals surface area contributed by atoms with Crippen molar-refractivity contribution in [2.24, 2.45) is 0 Å². The molecule has 0 aromatic heterocycles. The number of rotatable bonds is 6. The zero-order valence-electron chi connectivity index (χ0n) is 12.3. The van der Waals surface area contributed by atoms with Crippen LogP contribution in [0.2, 0.25) is 0 Å². The highest BCUT2D eigenvalue weighted by atomic mass is 16.6. The molecule has 1 fully saturated rings. The molecule has 0 radical (unpaired) electrons. The van der Waals surface area contributed by atoms with E-state index >= 15 is 0 Å². The summed E-state index contributed by atoms with van der Waals surface area (Å²) in [6.07, 6.45) is 4.93. The number of hydrogen-bond acceptors (Lipinski definition) is 4. The molecule has 1 aliphatic carbocycles. The molecule has 5 nitrogen and oxygen atoms in total. The molecule has 0 spiro atoms. The summed E-state index contributed by atoms with van der Waals surface area (Å²) in [4.78, 5) is 13.0. The molecule has 1 aliphatic rings. The number of nitro groups is 1. The van der Waals surface area contributed by atoms with E-state index in [9.17, 15) is 10.1 Å². The first-order valence-corrected chi connectivity index (χ1v) is 7.16. The van der Waals surface area contributed by atoms with Crippen LogP contribution in [0.1, 0.15) is 31.2 Å². The Morgan fingerprint density at radius 1 is 1.30 bits per heavy atom. The molecule has 1 aromatic rings. The van der Waals surface area contributed by atoms with Crippen molar-refractivity contribution in [3.8, 4) is 0 Å². The van der Waals surface area contributed by atoms with Crippen LogP contribution >= 0.6 is 0 Å². The predicted octanol–water partition coefficient (Wildman–Crippen LogP) is 2.56. The summed E-state index contributed by atoms with van der Waals surface area (Å²) < 4.78 is 0. The van der Waals surface area contributed by atoms with Crippen molar-refractivity contribution in [2.75, 3.05) is 20.6 Å². The van der Waals surface area contributed by atoms with Crippen molar-refractivity contribution in [3.05, 3.63) is 39.9 Å². The van der Waals surface area contributed by atoms with Crippen LogP contribution in [0, 0.1) is 10.1 Å². The van der Waals surface area contributed by atoms with Crippen LogP contribution in [0.25, 0.3) is 0 Å². The summed E-state index contributed by atoms with van der Waals surface area (Å²) >= 11 is 0. The molecule has 5 heteroatoms. The van der Waals surface area contributed by atoms with E-state index in [2.05, 4.69) is 24.3 Å². The van der Waals surface area contributed by atoms with Crippen LogP contribution in [-0.4, -0.2) is 36.0 Å². The van der Waals surface area contributed by atoms with Crippen molar-refractivity contribution < 1.29 is 4.92 Å². The van der Waals surface area contributed by atoms with Gasteiger partial charge in [-0.15, -0.1) is 0 Å². The third-order valence-electron chi connectivity index (χ3n) is 4.44. The topological polar surface area (TPSA) is 58.4 Å². The van der Waals surface area contributed by atoms with Gasteiger partial charge in [-0.25, -0.2) is 0 Å². The van der Waals surface area contributed by atoms with Gasteiger partial charge in [-0.05, 0) is 26.9 Å².